The van der Waals surface area contributed by atoms with E-state index >= 15 is 0 Å². The van der Waals surface area contributed by atoms with Gasteiger partial charge in [-0.15, -0.1) is 0 Å². The minimum atomic E-state index is -0.0774. The monoisotopic (exact) mass is 537 g/mol. The first-order valence-corrected chi connectivity index (χ1v) is 12.5. The lowest BCUT2D eigenvalue weighted by atomic mass is 9.79. The van der Waals surface area contributed by atoms with Gasteiger partial charge in [0.25, 0.3) is 0 Å². The normalized spacial score (nSPS) is 20.1. The summed E-state index contributed by atoms with van der Waals surface area (Å²) in [7, 11) is 3.65. The lowest BCUT2D eigenvalue weighted by molar-refractivity contribution is -0.0445. The van der Waals surface area contributed by atoms with Gasteiger partial charge in [-0.05, 0) is 74.2 Å². The second-order valence-electron chi connectivity index (χ2n) is 8.22. The van der Waals surface area contributed by atoms with Crippen LogP contribution in [0.2, 0.25) is 0 Å². The molecule has 1 heterocycles. The van der Waals surface area contributed by atoms with E-state index in [1.54, 1.807) is 0 Å². The van der Waals surface area contributed by atoms with Gasteiger partial charge >= 0.3 is 0 Å². The maximum absolute atomic E-state index is 5.79. The maximum Gasteiger partial charge on any atom is 0.0951 e. The van der Waals surface area contributed by atoms with E-state index in [1.165, 1.54) is 30.4 Å². The summed E-state index contributed by atoms with van der Waals surface area (Å²) in [6.45, 7) is 2.06. The molecule has 1 saturated carbocycles. The number of hydrogen-bond acceptors (Lipinski definition) is 3. The third kappa shape index (κ3) is 5.74. The molecule has 2 fully saturated rings. The van der Waals surface area contributed by atoms with Gasteiger partial charge in [-0.3, -0.25) is 0 Å². The lowest BCUT2D eigenvalue weighted by Crippen LogP contribution is -2.41. The second-order valence-corrected chi connectivity index (χ2v) is 10.1. The smallest absolute Gasteiger partial charge is 0.0951 e. The average Bonchev–Trinajstić information content (AvgIpc) is 2.81. The maximum atomic E-state index is 5.79. The Kier molecular flexibility index (Phi) is 8.96. The van der Waals surface area contributed by atoms with Crippen LogP contribution in [0.1, 0.15) is 56.1 Å². The van der Waals surface area contributed by atoms with E-state index in [9.17, 15) is 0 Å². The van der Waals surface area contributed by atoms with E-state index in [2.05, 4.69) is 85.7 Å². The molecule has 0 unspecified atom stereocenters. The van der Waals surface area contributed by atoms with Crippen molar-refractivity contribution in [3.63, 3.8) is 0 Å². The first-order valence-electron chi connectivity index (χ1n) is 10.9. The zero-order valence-corrected chi connectivity index (χ0v) is 21.2. The van der Waals surface area contributed by atoms with Crippen molar-refractivity contribution in [3.8, 4) is 0 Å². The second kappa shape index (κ2) is 11.2. The van der Waals surface area contributed by atoms with E-state index in [-0.39, 0.29) is 11.2 Å². The van der Waals surface area contributed by atoms with Crippen molar-refractivity contribution < 1.29 is 9.47 Å². The van der Waals surface area contributed by atoms with Crippen molar-refractivity contribution in [2.75, 3.05) is 27.3 Å². The summed E-state index contributed by atoms with van der Waals surface area (Å²) in [5.74, 6) is 0. The fourth-order valence-corrected chi connectivity index (χ4v) is 5.21. The van der Waals surface area contributed by atoms with Crippen LogP contribution in [0.15, 0.2) is 57.5 Å². The molecule has 1 aliphatic heterocycles. The molecule has 164 valence electrons. The zero-order valence-electron chi connectivity index (χ0n) is 18.1. The van der Waals surface area contributed by atoms with E-state index in [0.717, 1.165) is 47.7 Å². The molecule has 0 bridgehead atoms. The number of ether oxygens (including phenoxy) is 2. The van der Waals surface area contributed by atoms with E-state index in [1.807, 2.05) is 14.2 Å². The Labute approximate surface area is 198 Å². The molecule has 1 aliphatic carbocycles. The number of piperidine rings is 1. The number of hydrogen-bond donors (Lipinski definition) is 1. The summed E-state index contributed by atoms with van der Waals surface area (Å²) in [5.41, 5.74) is 2.52. The van der Waals surface area contributed by atoms with Crippen LogP contribution in [0.4, 0.5) is 0 Å². The van der Waals surface area contributed by atoms with Gasteiger partial charge in [0, 0.05) is 23.2 Å². The van der Waals surface area contributed by atoms with Crippen molar-refractivity contribution in [1.82, 2.24) is 5.32 Å². The lowest BCUT2D eigenvalue weighted by Gasteiger charge is -2.36. The third-order valence-electron chi connectivity index (χ3n) is 6.59. The van der Waals surface area contributed by atoms with Crippen LogP contribution >= 0.6 is 31.9 Å². The quantitative estimate of drug-likeness (QED) is 0.457. The molecule has 1 saturated heterocycles. The summed E-state index contributed by atoms with van der Waals surface area (Å²) in [6.07, 6.45) is 8.32. The van der Waals surface area contributed by atoms with Crippen molar-refractivity contribution in [3.05, 3.63) is 68.6 Å². The fourth-order valence-electron chi connectivity index (χ4n) is 4.68. The Morgan fingerprint density at radius 2 is 1.03 bits per heavy atom. The molecule has 5 heteroatoms. The molecule has 4 rings (SSSR count). The van der Waals surface area contributed by atoms with Crippen molar-refractivity contribution in [1.29, 1.82) is 0 Å². The van der Waals surface area contributed by atoms with Gasteiger partial charge < -0.3 is 14.8 Å². The van der Waals surface area contributed by atoms with E-state index < -0.39 is 0 Å². The Bertz CT molecular complexity index is 697. The van der Waals surface area contributed by atoms with Gasteiger partial charge in [0.2, 0.25) is 0 Å². The zero-order chi connectivity index (χ0) is 21.5. The summed E-state index contributed by atoms with van der Waals surface area (Å²) in [6, 6.07) is 17.0. The number of nitrogens with one attached hydrogen (secondary N) is 1. The van der Waals surface area contributed by atoms with Crippen LogP contribution in [0.3, 0.4) is 0 Å². The molecule has 0 spiro atoms. The highest BCUT2D eigenvalue weighted by Crippen LogP contribution is 2.40. The van der Waals surface area contributed by atoms with Gasteiger partial charge in [-0.25, -0.2) is 0 Å². The minimum absolute atomic E-state index is 0.0149. The topological polar surface area (TPSA) is 30.5 Å². The summed E-state index contributed by atoms with van der Waals surface area (Å²) in [5, 5.41) is 3.37. The molecule has 0 amide bonds. The van der Waals surface area contributed by atoms with Crippen molar-refractivity contribution in [2.45, 2.75) is 56.1 Å². The number of rotatable bonds is 4. The predicted molar refractivity (Wildman–Crippen MR) is 131 cm³/mol. The fraction of sp³-hybridized carbons (Fsp3) is 0.520. The Morgan fingerprint density at radius 3 is 1.43 bits per heavy atom. The summed E-state index contributed by atoms with van der Waals surface area (Å²) < 4.78 is 13.8. The molecule has 2 aromatic rings. The minimum Gasteiger partial charge on any atom is -0.374 e. The first-order chi connectivity index (χ1) is 14.5. The molecule has 2 aromatic carbocycles. The Hall–Kier alpha value is -0.720. The standard InChI is InChI=1S/C13H17BrO.C12H16BrNO/c1-15-13(9-3-2-4-10-13)11-5-7-12(14)8-6-11;1-15-12(6-8-14-9-7-12)10-2-4-11(13)5-3-10/h5-8H,2-4,9-10H2,1H3;2-5,14H,6-9H2,1H3. The summed E-state index contributed by atoms with van der Waals surface area (Å²) >= 11 is 6.92. The van der Waals surface area contributed by atoms with Crippen LogP contribution in [-0.4, -0.2) is 27.3 Å². The third-order valence-corrected chi connectivity index (χ3v) is 7.65. The summed E-state index contributed by atoms with van der Waals surface area (Å²) in [4.78, 5) is 0. The van der Waals surface area contributed by atoms with Crippen LogP contribution in [-0.2, 0) is 20.7 Å². The highest BCUT2D eigenvalue weighted by Gasteiger charge is 2.34. The van der Waals surface area contributed by atoms with Gasteiger partial charge in [0.05, 0.1) is 11.2 Å². The molecule has 30 heavy (non-hydrogen) atoms. The molecule has 2 aliphatic rings. The molecule has 0 atom stereocenters. The Balaban J connectivity index is 0.000000171. The number of methoxy groups -OCH3 is 2. The number of halogens is 2. The molecular formula is C25H33Br2NO2. The largest absolute Gasteiger partial charge is 0.374 e. The molecule has 1 N–H and O–H groups in total. The van der Waals surface area contributed by atoms with Crippen molar-refractivity contribution >= 4 is 31.9 Å². The SMILES string of the molecule is COC1(c2ccc(Br)cc2)CCCCC1.COC1(c2ccc(Br)cc2)CCNCC1. The highest BCUT2D eigenvalue weighted by atomic mass is 79.9. The van der Waals surface area contributed by atoms with Gasteiger partial charge in [-0.1, -0.05) is 75.4 Å². The van der Waals surface area contributed by atoms with Crippen LogP contribution in [0.5, 0.6) is 0 Å². The number of benzene rings is 2. The average molecular weight is 539 g/mol. The van der Waals surface area contributed by atoms with Gasteiger partial charge in [-0.2, -0.15) is 0 Å². The van der Waals surface area contributed by atoms with Crippen LogP contribution in [0, 0.1) is 0 Å². The van der Waals surface area contributed by atoms with E-state index in [4.69, 9.17) is 9.47 Å². The molecular weight excluding hydrogens is 506 g/mol. The molecule has 0 radical (unpaired) electrons. The Morgan fingerprint density at radius 1 is 0.633 bits per heavy atom. The molecule has 0 aromatic heterocycles. The van der Waals surface area contributed by atoms with Crippen LogP contribution < -0.4 is 5.32 Å². The van der Waals surface area contributed by atoms with Gasteiger partial charge in [0.15, 0.2) is 0 Å². The van der Waals surface area contributed by atoms with Crippen molar-refractivity contribution in [2.24, 2.45) is 0 Å². The first kappa shape index (κ1) is 23.9. The van der Waals surface area contributed by atoms with E-state index in [0.29, 0.717) is 0 Å². The predicted octanol–water partition coefficient (Wildman–Crippen LogP) is 6.93. The molecule has 3 nitrogen and oxygen atoms in total. The highest BCUT2D eigenvalue weighted by molar-refractivity contribution is 9.10. The van der Waals surface area contributed by atoms with Crippen LogP contribution in [0.25, 0.3) is 0 Å². The van der Waals surface area contributed by atoms with Gasteiger partial charge in [0.1, 0.15) is 0 Å².